The Balaban J connectivity index is 3.68. The summed E-state index contributed by atoms with van der Waals surface area (Å²) in [6.45, 7) is 0. The molecule has 0 atom stereocenters. The molecule has 0 aliphatic rings. The van der Waals surface area contributed by atoms with Crippen LogP contribution in [-0.4, -0.2) is 4.92 Å². The number of rotatable bonds is 1. The van der Waals surface area contributed by atoms with Crippen LogP contribution < -0.4 is 0 Å². The molecule has 3 nitrogen and oxygen atoms in total. The Morgan fingerprint density at radius 3 is 1.64 bits per heavy atom. The third kappa shape index (κ3) is 1.41. The zero-order valence-electron chi connectivity index (χ0n) is 6.22. The summed E-state index contributed by atoms with van der Waals surface area (Å²) < 4.78 is 50.6. The van der Waals surface area contributed by atoms with Gasteiger partial charge in [0.2, 0.25) is 11.6 Å². The molecular formula is C6HF4NO2S. The highest BCUT2D eigenvalue weighted by Gasteiger charge is 2.31. The maximum atomic E-state index is 12.7. The fraction of sp³-hybridized carbons (Fsp3) is 0. The van der Waals surface area contributed by atoms with E-state index in [2.05, 4.69) is 12.6 Å². The monoisotopic (exact) mass is 227 g/mol. The molecule has 0 radical (unpaired) electrons. The highest BCUT2D eigenvalue weighted by Crippen LogP contribution is 2.31. The van der Waals surface area contributed by atoms with E-state index in [1.54, 1.807) is 0 Å². The quantitative estimate of drug-likeness (QED) is 0.263. The van der Waals surface area contributed by atoms with Gasteiger partial charge < -0.3 is 0 Å². The Hall–Kier alpha value is -1.31. The minimum atomic E-state index is -2.07. The van der Waals surface area contributed by atoms with Crippen LogP contribution in [0.2, 0.25) is 0 Å². The normalized spacial score (nSPS) is 10.4. The summed E-state index contributed by atoms with van der Waals surface area (Å²) in [5.74, 6) is -7.92. The number of hydrogen-bond donors (Lipinski definition) is 1. The number of nitro groups is 1. The van der Waals surface area contributed by atoms with Gasteiger partial charge in [-0.15, -0.1) is 12.6 Å². The van der Waals surface area contributed by atoms with Crippen molar-refractivity contribution in [2.24, 2.45) is 0 Å². The fourth-order valence-electron chi connectivity index (χ4n) is 0.769. The maximum absolute atomic E-state index is 12.7. The first-order chi connectivity index (χ1) is 6.37. The summed E-state index contributed by atoms with van der Waals surface area (Å²) in [6.07, 6.45) is 0. The third-order valence-corrected chi connectivity index (χ3v) is 1.79. The Morgan fingerprint density at radius 1 is 1.00 bits per heavy atom. The molecule has 76 valence electrons. The van der Waals surface area contributed by atoms with Gasteiger partial charge in [-0.1, -0.05) is 0 Å². The van der Waals surface area contributed by atoms with Gasteiger partial charge in [-0.2, -0.15) is 8.78 Å². The van der Waals surface area contributed by atoms with Gasteiger partial charge in [0.25, 0.3) is 0 Å². The van der Waals surface area contributed by atoms with Gasteiger partial charge in [0.15, 0.2) is 11.6 Å². The first-order valence-corrected chi connectivity index (χ1v) is 3.52. The highest BCUT2D eigenvalue weighted by atomic mass is 32.1. The van der Waals surface area contributed by atoms with Crippen molar-refractivity contribution in [2.45, 2.75) is 4.90 Å². The Labute approximate surface area is 79.9 Å². The number of thiol groups is 1. The first kappa shape index (κ1) is 10.8. The van der Waals surface area contributed by atoms with Crippen LogP contribution in [0.15, 0.2) is 4.90 Å². The molecule has 0 fully saturated rings. The second-order valence-electron chi connectivity index (χ2n) is 2.21. The lowest BCUT2D eigenvalue weighted by molar-refractivity contribution is -0.390. The zero-order valence-corrected chi connectivity index (χ0v) is 7.12. The first-order valence-electron chi connectivity index (χ1n) is 3.07. The molecular weight excluding hydrogens is 226 g/mol. The van der Waals surface area contributed by atoms with E-state index in [0.29, 0.717) is 0 Å². The summed E-state index contributed by atoms with van der Waals surface area (Å²) >= 11 is 3.11. The second-order valence-corrected chi connectivity index (χ2v) is 2.66. The molecule has 0 aromatic heterocycles. The fourth-order valence-corrected chi connectivity index (χ4v) is 0.965. The number of hydrogen-bond acceptors (Lipinski definition) is 3. The van der Waals surface area contributed by atoms with Crippen LogP contribution in [-0.2, 0) is 0 Å². The molecule has 0 N–H and O–H groups in total. The number of benzene rings is 1. The van der Waals surface area contributed by atoms with Crippen LogP contribution in [0, 0.1) is 33.4 Å². The number of nitrogens with zero attached hydrogens (tertiary/aromatic N) is 1. The average molecular weight is 227 g/mol. The predicted molar refractivity (Wildman–Crippen MR) is 40.2 cm³/mol. The summed E-state index contributed by atoms with van der Waals surface area (Å²) in [5.41, 5.74) is -1.86. The molecule has 0 unspecified atom stereocenters. The van der Waals surface area contributed by atoms with E-state index >= 15 is 0 Å². The van der Waals surface area contributed by atoms with E-state index in [9.17, 15) is 27.7 Å². The topological polar surface area (TPSA) is 43.1 Å². The molecule has 0 bridgehead atoms. The summed E-state index contributed by atoms with van der Waals surface area (Å²) in [6, 6.07) is 0. The highest BCUT2D eigenvalue weighted by molar-refractivity contribution is 7.80. The van der Waals surface area contributed by atoms with Gasteiger partial charge in [-0.3, -0.25) is 10.1 Å². The van der Waals surface area contributed by atoms with Crippen molar-refractivity contribution < 1.29 is 22.5 Å². The molecule has 0 saturated carbocycles. The van der Waals surface area contributed by atoms with E-state index in [0.717, 1.165) is 0 Å². The van der Waals surface area contributed by atoms with Crippen molar-refractivity contribution >= 4 is 18.3 Å². The van der Waals surface area contributed by atoms with Gasteiger partial charge in [0.1, 0.15) is 0 Å². The van der Waals surface area contributed by atoms with Crippen LogP contribution in [0.4, 0.5) is 23.2 Å². The lowest BCUT2D eigenvalue weighted by Gasteiger charge is -2.01. The van der Waals surface area contributed by atoms with Gasteiger partial charge in [0, 0.05) is 0 Å². The third-order valence-electron chi connectivity index (χ3n) is 1.40. The smallest absolute Gasteiger partial charge is 0.258 e. The van der Waals surface area contributed by atoms with Gasteiger partial charge >= 0.3 is 5.69 Å². The molecule has 0 saturated heterocycles. The minimum Gasteiger partial charge on any atom is -0.258 e. The van der Waals surface area contributed by atoms with Gasteiger partial charge in [-0.25, -0.2) is 8.78 Å². The van der Waals surface area contributed by atoms with Crippen molar-refractivity contribution in [3.63, 3.8) is 0 Å². The van der Waals surface area contributed by atoms with Crippen molar-refractivity contribution in [3.8, 4) is 0 Å². The summed E-state index contributed by atoms with van der Waals surface area (Å²) in [7, 11) is 0. The largest absolute Gasteiger partial charge is 0.346 e. The van der Waals surface area contributed by atoms with E-state index < -0.39 is 38.8 Å². The molecule has 0 amide bonds. The van der Waals surface area contributed by atoms with E-state index in [1.165, 1.54) is 0 Å². The van der Waals surface area contributed by atoms with Crippen molar-refractivity contribution in [1.29, 1.82) is 0 Å². The predicted octanol–water partition coefficient (Wildman–Crippen LogP) is 2.44. The van der Waals surface area contributed by atoms with Crippen molar-refractivity contribution in [3.05, 3.63) is 33.4 Å². The molecule has 8 heteroatoms. The number of halogens is 4. The molecule has 0 spiro atoms. The molecule has 0 aliphatic carbocycles. The van der Waals surface area contributed by atoms with Crippen LogP contribution in [0.5, 0.6) is 0 Å². The molecule has 1 aromatic carbocycles. The van der Waals surface area contributed by atoms with Crippen molar-refractivity contribution in [2.75, 3.05) is 0 Å². The molecule has 0 heterocycles. The zero-order chi connectivity index (χ0) is 11.0. The van der Waals surface area contributed by atoms with E-state index in [1.807, 2.05) is 0 Å². The molecule has 1 rings (SSSR count). The Bertz CT molecular complexity index is 394. The van der Waals surface area contributed by atoms with Crippen LogP contribution >= 0.6 is 12.6 Å². The number of nitro benzene ring substituents is 1. The van der Waals surface area contributed by atoms with Crippen molar-refractivity contribution in [1.82, 2.24) is 0 Å². The van der Waals surface area contributed by atoms with E-state index in [4.69, 9.17) is 0 Å². The molecule has 1 aromatic rings. The Kier molecular flexibility index (Phi) is 2.65. The SMILES string of the molecule is O=[N+]([O-])c1c(F)c(F)c(S)c(F)c1F. The summed E-state index contributed by atoms with van der Waals surface area (Å²) in [5, 5.41) is 10.0. The van der Waals surface area contributed by atoms with Crippen LogP contribution in [0.25, 0.3) is 0 Å². The second kappa shape index (κ2) is 3.45. The Morgan fingerprint density at radius 2 is 1.36 bits per heavy atom. The molecule has 14 heavy (non-hydrogen) atoms. The van der Waals surface area contributed by atoms with Gasteiger partial charge in [0.05, 0.1) is 9.82 Å². The minimum absolute atomic E-state index is 1.23. The average Bonchev–Trinajstić information content (AvgIpc) is 2.11. The lowest BCUT2D eigenvalue weighted by Crippen LogP contribution is -2.04. The van der Waals surface area contributed by atoms with Crippen LogP contribution in [0.1, 0.15) is 0 Å². The molecule has 0 aliphatic heterocycles. The van der Waals surface area contributed by atoms with Crippen LogP contribution in [0.3, 0.4) is 0 Å². The van der Waals surface area contributed by atoms with E-state index in [-0.39, 0.29) is 0 Å². The van der Waals surface area contributed by atoms with Gasteiger partial charge in [-0.05, 0) is 0 Å². The lowest BCUT2D eigenvalue weighted by atomic mass is 10.2. The summed E-state index contributed by atoms with van der Waals surface area (Å²) in [4.78, 5) is 7.24. The standard InChI is InChI=1S/C6HF4NO2S/c7-1-3(9)6(14)4(10)2(8)5(1)11(12)13/h14H. The maximum Gasteiger partial charge on any atom is 0.346 e.